The maximum atomic E-state index is 14.4. The minimum Gasteiger partial charge on any atom is -0.478 e. The number of esters is 2. The van der Waals surface area contributed by atoms with Gasteiger partial charge in [0.2, 0.25) is 0 Å². The fourth-order valence-corrected chi connectivity index (χ4v) is 4.22. The molecule has 238 valence electrons. The molecule has 0 atom stereocenters. The number of rotatable bonds is 13. The van der Waals surface area contributed by atoms with Gasteiger partial charge < -0.3 is 29.2 Å². The van der Waals surface area contributed by atoms with Crippen molar-refractivity contribution in [2.45, 2.75) is 6.92 Å². The summed E-state index contributed by atoms with van der Waals surface area (Å²) in [6.45, 7) is 0.137. The smallest absolute Gasteiger partial charge is 0.339 e. The van der Waals surface area contributed by atoms with Crippen LogP contribution in [-0.2, 0) is 19.1 Å². The molecule has 4 aromatic rings. The molecule has 0 amide bonds. The Kier molecular flexibility index (Phi) is 10.9. The molecule has 0 aromatic heterocycles. The molecule has 0 unspecified atom stereocenters. The number of hydrogen-bond acceptors (Lipinski definition) is 8. The number of carboxylic acids is 2. The Labute approximate surface area is 259 Å². The van der Waals surface area contributed by atoms with E-state index in [-0.39, 0.29) is 52.5 Å². The number of ether oxygens (including phenoxy) is 4. The molecule has 2 N–H and O–H groups in total. The highest BCUT2D eigenvalue weighted by atomic mass is 19.1. The zero-order chi connectivity index (χ0) is 33.4. The summed E-state index contributed by atoms with van der Waals surface area (Å²) >= 11 is 0. The second-order valence-electron chi connectivity index (χ2n) is 9.69. The molecule has 10 nitrogen and oxygen atoms in total. The maximum Gasteiger partial charge on any atom is 0.339 e. The molecule has 0 fully saturated rings. The summed E-state index contributed by atoms with van der Waals surface area (Å²) in [6, 6.07) is 14.7. The van der Waals surface area contributed by atoms with E-state index in [1.165, 1.54) is 36.4 Å². The fourth-order valence-electron chi connectivity index (χ4n) is 4.22. The molecule has 13 heteroatoms. The van der Waals surface area contributed by atoms with Crippen LogP contribution >= 0.6 is 0 Å². The van der Waals surface area contributed by atoms with Gasteiger partial charge in [-0.2, -0.15) is 0 Å². The molecular weight excluding hydrogens is 613 g/mol. The summed E-state index contributed by atoms with van der Waals surface area (Å²) in [5, 5.41) is 19.1. The molecule has 0 bridgehead atoms. The third-order valence-electron chi connectivity index (χ3n) is 6.36. The Morgan fingerprint density at radius 3 is 1.50 bits per heavy atom. The molecule has 0 spiro atoms. The van der Waals surface area contributed by atoms with Crippen molar-refractivity contribution in [1.29, 1.82) is 0 Å². The van der Waals surface area contributed by atoms with Crippen LogP contribution in [0.25, 0.3) is 22.3 Å². The lowest BCUT2D eigenvalue weighted by Crippen LogP contribution is -2.21. The van der Waals surface area contributed by atoms with E-state index in [0.29, 0.717) is 11.6 Å². The second kappa shape index (κ2) is 15.0. The molecule has 0 radical (unpaired) electrons. The van der Waals surface area contributed by atoms with E-state index >= 15 is 0 Å². The summed E-state index contributed by atoms with van der Waals surface area (Å²) in [5.41, 5.74) is 0.404. The third-order valence-corrected chi connectivity index (χ3v) is 6.36. The lowest BCUT2D eigenvalue weighted by atomic mass is 10.0. The van der Waals surface area contributed by atoms with Gasteiger partial charge in [0, 0.05) is 17.2 Å². The van der Waals surface area contributed by atoms with Gasteiger partial charge in [0.1, 0.15) is 53.3 Å². The molecule has 4 rings (SSSR count). The minimum atomic E-state index is -1.46. The van der Waals surface area contributed by atoms with Crippen molar-refractivity contribution in [3.8, 4) is 33.8 Å². The molecule has 46 heavy (non-hydrogen) atoms. The van der Waals surface area contributed by atoms with Crippen LogP contribution in [0.5, 0.6) is 11.5 Å². The summed E-state index contributed by atoms with van der Waals surface area (Å²) in [5.74, 6) is -7.59. The number of benzene rings is 4. The first kappa shape index (κ1) is 33.4. The molecular formula is C33H25F3O10. The normalized spacial score (nSPS) is 10.8. The predicted octanol–water partition coefficient (Wildman–Crippen LogP) is 5.69. The van der Waals surface area contributed by atoms with Gasteiger partial charge in [-0.25, -0.2) is 32.3 Å². The van der Waals surface area contributed by atoms with Gasteiger partial charge in [-0.15, -0.1) is 0 Å². The Balaban J connectivity index is 1.24. The average molecular weight is 639 g/mol. The molecule has 0 saturated carbocycles. The number of carbonyl (C=O) groups is 4. The van der Waals surface area contributed by atoms with E-state index in [1.54, 1.807) is 13.0 Å². The minimum absolute atomic E-state index is 0.0518. The number of carboxylic acid groups (broad SMARTS) is 2. The van der Waals surface area contributed by atoms with Crippen molar-refractivity contribution in [2.24, 2.45) is 0 Å². The van der Waals surface area contributed by atoms with Gasteiger partial charge in [0.15, 0.2) is 0 Å². The number of carbonyl (C=O) groups excluding carboxylic acids is 2. The van der Waals surface area contributed by atoms with Crippen LogP contribution in [0.4, 0.5) is 13.2 Å². The van der Waals surface area contributed by atoms with E-state index in [9.17, 15) is 42.6 Å². The first-order valence-electron chi connectivity index (χ1n) is 13.5. The van der Waals surface area contributed by atoms with Crippen LogP contribution < -0.4 is 9.47 Å². The van der Waals surface area contributed by atoms with Crippen molar-refractivity contribution in [2.75, 3.05) is 26.4 Å². The van der Waals surface area contributed by atoms with Crippen LogP contribution in [0.15, 0.2) is 72.8 Å². The fraction of sp³-hybridized carbons (Fsp3) is 0.152. The van der Waals surface area contributed by atoms with Crippen molar-refractivity contribution >= 4 is 23.9 Å². The topological polar surface area (TPSA) is 146 Å². The van der Waals surface area contributed by atoms with E-state index in [4.69, 9.17) is 18.9 Å². The Bertz CT molecular complexity index is 1670. The molecule has 0 heterocycles. The summed E-state index contributed by atoms with van der Waals surface area (Å²) < 4.78 is 62.1. The van der Waals surface area contributed by atoms with Crippen LogP contribution in [0.2, 0.25) is 0 Å². The molecule has 0 aliphatic rings. The SMILES string of the molecule is Cc1ccc(-c2ccc(OC(=O)COCCOCC(=O)Oc3ccc(-c4ccc(F)cc4F)cc3C(=O)O)c(C(=O)O)c2)c(F)c1. The van der Waals surface area contributed by atoms with Crippen LogP contribution in [0, 0.1) is 24.4 Å². The molecule has 0 saturated heterocycles. The van der Waals surface area contributed by atoms with Gasteiger partial charge in [0.25, 0.3) is 0 Å². The average Bonchev–Trinajstić information content (AvgIpc) is 2.99. The Hall–Kier alpha value is -5.53. The second-order valence-corrected chi connectivity index (χ2v) is 9.69. The maximum absolute atomic E-state index is 14.4. The van der Waals surface area contributed by atoms with Gasteiger partial charge in [0.05, 0.1) is 13.2 Å². The highest BCUT2D eigenvalue weighted by molar-refractivity contribution is 5.94. The highest BCUT2D eigenvalue weighted by Crippen LogP contribution is 2.30. The predicted molar refractivity (Wildman–Crippen MR) is 155 cm³/mol. The van der Waals surface area contributed by atoms with Crippen LogP contribution in [-0.4, -0.2) is 60.5 Å². The molecule has 0 aliphatic carbocycles. The standard InChI is InChI=1S/C33H25F3O10/c1-18-2-6-22(26(35)12-18)19-3-8-28(24(13-19)32(39)40)45-30(37)16-43-10-11-44-17-31(38)46-29-9-4-20(14-25(29)33(41)42)23-7-5-21(34)15-27(23)36/h2-9,12-15H,10-11,16-17H2,1H3,(H,39,40)(H,41,42). The zero-order valence-electron chi connectivity index (χ0n) is 24.1. The van der Waals surface area contributed by atoms with Crippen LogP contribution in [0.3, 0.4) is 0 Å². The third kappa shape index (κ3) is 8.55. The lowest BCUT2D eigenvalue weighted by Gasteiger charge is -2.11. The summed E-state index contributed by atoms with van der Waals surface area (Å²) in [4.78, 5) is 47.9. The largest absolute Gasteiger partial charge is 0.478 e. The van der Waals surface area contributed by atoms with E-state index in [2.05, 4.69) is 0 Å². The zero-order valence-corrected chi connectivity index (χ0v) is 24.1. The van der Waals surface area contributed by atoms with Crippen molar-refractivity contribution in [3.05, 3.63) is 107 Å². The number of hydrogen-bond donors (Lipinski definition) is 2. The number of halogens is 3. The van der Waals surface area contributed by atoms with Gasteiger partial charge in [-0.05, 0) is 66.1 Å². The molecule has 0 aliphatic heterocycles. The van der Waals surface area contributed by atoms with Crippen molar-refractivity contribution in [3.63, 3.8) is 0 Å². The molecule has 4 aromatic carbocycles. The summed E-state index contributed by atoms with van der Waals surface area (Å²) in [6.07, 6.45) is 0. The quantitative estimate of drug-likeness (QED) is 0.106. The highest BCUT2D eigenvalue weighted by Gasteiger charge is 2.19. The van der Waals surface area contributed by atoms with E-state index in [1.807, 2.05) is 0 Å². The van der Waals surface area contributed by atoms with E-state index in [0.717, 1.165) is 24.3 Å². The first-order chi connectivity index (χ1) is 21.9. The van der Waals surface area contributed by atoms with E-state index < -0.39 is 60.1 Å². The monoisotopic (exact) mass is 638 g/mol. The van der Waals surface area contributed by atoms with Crippen LogP contribution in [0.1, 0.15) is 26.3 Å². The van der Waals surface area contributed by atoms with Crippen molar-refractivity contribution < 1.29 is 61.5 Å². The lowest BCUT2D eigenvalue weighted by molar-refractivity contribution is -0.143. The Morgan fingerprint density at radius 1 is 0.609 bits per heavy atom. The number of aromatic carboxylic acids is 2. The van der Waals surface area contributed by atoms with Crippen molar-refractivity contribution in [1.82, 2.24) is 0 Å². The Morgan fingerprint density at radius 2 is 1.07 bits per heavy atom. The first-order valence-corrected chi connectivity index (χ1v) is 13.5. The van der Waals surface area contributed by atoms with Gasteiger partial charge in [-0.1, -0.05) is 24.3 Å². The van der Waals surface area contributed by atoms with Gasteiger partial charge in [-0.3, -0.25) is 0 Å². The summed E-state index contributed by atoms with van der Waals surface area (Å²) in [7, 11) is 0. The van der Waals surface area contributed by atoms with Gasteiger partial charge >= 0.3 is 23.9 Å². The number of aryl methyl sites for hydroxylation is 1.